The summed E-state index contributed by atoms with van der Waals surface area (Å²) >= 11 is 0. The Morgan fingerprint density at radius 3 is 2.36 bits per heavy atom. The van der Waals surface area contributed by atoms with Crippen molar-refractivity contribution in [2.24, 2.45) is 0 Å². The summed E-state index contributed by atoms with van der Waals surface area (Å²) in [6.07, 6.45) is 9.85. The molecule has 1 aliphatic carbocycles. The van der Waals surface area contributed by atoms with Crippen LogP contribution in [0, 0.1) is 0 Å². The zero-order chi connectivity index (χ0) is 8.69. The lowest BCUT2D eigenvalue weighted by molar-refractivity contribution is 1.35. The molecule has 0 aliphatic heterocycles. The predicted octanol–water partition coefficient (Wildman–Crippen LogP) is 3.87. The first-order valence-corrected chi connectivity index (χ1v) is 4.30. The fourth-order valence-electron chi connectivity index (χ4n) is 0.974. The molecule has 62 valence electrons. The van der Waals surface area contributed by atoms with Gasteiger partial charge in [-0.15, -0.1) is 0 Å². The molecular formula is C11H18. The minimum Gasteiger partial charge on any atom is -0.0805 e. The quantitative estimate of drug-likeness (QED) is 0.492. The molecule has 0 nitrogen and oxygen atoms in total. The number of allylic oxidation sites excluding steroid dienone is 6. The normalized spacial score (nSPS) is 15.6. The Kier molecular flexibility index (Phi) is 5.54. The second-order valence-corrected chi connectivity index (χ2v) is 2.47. The summed E-state index contributed by atoms with van der Waals surface area (Å²) in [5.41, 5.74) is 2.72. The second kappa shape index (κ2) is 5.96. The highest BCUT2D eigenvalue weighted by molar-refractivity contribution is 5.30. The first-order chi connectivity index (χ1) is 5.29. The molecule has 0 amide bonds. The van der Waals surface area contributed by atoms with Crippen LogP contribution in [0.3, 0.4) is 0 Å². The number of rotatable bonds is 0. The minimum atomic E-state index is 1.08. The van der Waals surface area contributed by atoms with Gasteiger partial charge >= 0.3 is 0 Å². The third-order valence-electron chi connectivity index (χ3n) is 1.41. The summed E-state index contributed by atoms with van der Waals surface area (Å²) < 4.78 is 0. The highest BCUT2D eigenvalue weighted by Crippen LogP contribution is 2.08. The van der Waals surface area contributed by atoms with Gasteiger partial charge < -0.3 is 0 Å². The van der Waals surface area contributed by atoms with E-state index in [4.69, 9.17) is 0 Å². The van der Waals surface area contributed by atoms with E-state index < -0.39 is 0 Å². The van der Waals surface area contributed by atoms with Gasteiger partial charge in [-0.05, 0) is 20.3 Å². The van der Waals surface area contributed by atoms with Crippen LogP contribution in [0.15, 0.2) is 35.5 Å². The van der Waals surface area contributed by atoms with E-state index in [1.54, 1.807) is 0 Å². The van der Waals surface area contributed by atoms with Gasteiger partial charge in [0.1, 0.15) is 0 Å². The molecule has 0 radical (unpaired) electrons. The smallest absolute Gasteiger partial charge is 0.0160 e. The molecule has 0 unspecified atom stereocenters. The van der Waals surface area contributed by atoms with Crippen molar-refractivity contribution >= 4 is 0 Å². The minimum absolute atomic E-state index is 1.08. The zero-order valence-corrected chi connectivity index (χ0v) is 8.02. The van der Waals surface area contributed by atoms with E-state index in [9.17, 15) is 0 Å². The highest BCUT2D eigenvalue weighted by Gasteiger charge is 1.87. The van der Waals surface area contributed by atoms with E-state index in [0.717, 1.165) is 6.42 Å². The number of hydrogen-bond acceptors (Lipinski definition) is 0. The predicted molar refractivity (Wildman–Crippen MR) is 52.6 cm³/mol. The van der Waals surface area contributed by atoms with Crippen molar-refractivity contribution in [2.45, 2.75) is 34.1 Å². The molecular weight excluding hydrogens is 132 g/mol. The SMILES string of the molecule is CC.CC1=CCC=CC(C)=C1. The monoisotopic (exact) mass is 150 g/mol. The summed E-state index contributed by atoms with van der Waals surface area (Å²) in [5, 5.41) is 0. The molecule has 0 aromatic carbocycles. The molecule has 0 aromatic rings. The molecule has 1 aliphatic rings. The Bertz CT molecular complexity index is 180. The fraction of sp³-hybridized carbons (Fsp3) is 0.455. The van der Waals surface area contributed by atoms with Crippen LogP contribution in [0.4, 0.5) is 0 Å². The summed E-state index contributed by atoms with van der Waals surface area (Å²) in [5.74, 6) is 0. The van der Waals surface area contributed by atoms with Gasteiger partial charge in [-0.2, -0.15) is 0 Å². The maximum Gasteiger partial charge on any atom is -0.0160 e. The highest BCUT2D eigenvalue weighted by atomic mass is 13.9. The molecule has 0 N–H and O–H groups in total. The fourth-order valence-corrected chi connectivity index (χ4v) is 0.974. The third-order valence-corrected chi connectivity index (χ3v) is 1.41. The van der Waals surface area contributed by atoms with Gasteiger partial charge in [0, 0.05) is 0 Å². The molecule has 0 saturated heterocycles. The van der Waals surface area contributed by atoms with Crippen molar-refractivity contribution in [1.29, 1.82) is 0 Å². The van der Waals surface area contributed by atoms with Gasteiger partial charge in [0.05, 0.1) is 0 Å². The van der Waals surface area contributed by atoms with Crippen LogP contribution in [0.25, 0.3) is 0 Å². The lowest BCUT2D eigenvalue weighted by Gasteiger charge is -1.88. The largest absolute Gasteiger partial charge is 0.0805 e. The Labute approximate surface area is 70.3 Å². The van der Waals surface area contributed by atoms with Crippen LogP contribution in [-0.2, 0) is 0 Å². The van der Waals surface area contributed by atoms with E-state index in [0.29, 0.717) is 0 Å². The van der Waals surface area contributed by atoms with E-state index in [-0.39, 0.29) is 0 Å². The van der Waals surface area contributed by atoms with Gasteiger partial charge in [0.15, 0.2) is 0 Å². The van der Waals surface area contributed by atoms with Crippen LogP contribution >= 0.6 is 0 Å². The van der Waals surface area contributed by atoms with Crippen LogP contribution < -0.4 is 0 Å². The van der Waals surface area contributed by atoms with Crippen molar-refractivity contribution in [2.75, 3.05) is 0 Å². The maximum atomic E-state index is 2.23. The lowest BCUT2D eigenvalue weighted by atomic mass is 10.2. The topological polar surface area (TPSA) is 0 Å². The van der Waals surface area contributed by atoms with E-state index >= 15 is 0 Å². The van der Waals surface area contributed by atoms with E-state index in [1.807, 2.05) is 13.8 Å². The van der Waals surface area contributed by atoms with Gasteiger partial charge in [0.2, 0.25) is 0 Å². The van der Waals surface area contributed by atoms with E-state index in [2.05, 4.69) is 38.2 Å². The Balaban J connectivity index is 0.000000461. The van der Waals surface area contributed by atoms with E-state index in [1.165, 1.54) is 11.1 Å². The molecule has 0 fully saturated rings. The van der Waals surface area contributed by atoms with Crippen molar-refractivity contribution in [3.8, 4) is 0 Å². The average molecular weight is 150 g/mol. The summed E-state index contributed by atoms with van der Waals surface area (Å²) in [6.45, 7) is 8.26. The molecule has 0 aromatic heterocycles. The number of hydrogen-bond donors (Lipinski definition) is 0. The molecule has 11 heavy (non-hydrogen) atoms. The second-order valence-electron chi connectivity index (χ2n) is 2.47. The van der Waals surface area contributed by atoms with Crippen LogP contribution in [0.1, 0.15) is 34.1 Å². The summed E-state index contributed by atoms with van der Waals surface area (Å²) in [4.78, 5) is 0. The van der Waals surface area contributed by atoms with Crippen LogP contribution in [0.5, 0.6) is 0 Å². The van der Waals surface area contributed by atoms with Crippen LogP contribution in [-0.4, -0.2) is 0 Å². The average Bonchev–Trinajstić information content (AvgIpc) is 2.18. The molecule has 0 atom stereocenters. The maximum absolute atomic E-state index is 2.23. The molecule has 0 saturated carbocycles. The first kappa shape index (κ1) is 10.2. The molecule has 0 heterocycles. The van der Waals surface area contributed by atoms with Gasteiger partial charge in [0.25, 0.3) is 0 Å². The van der Waals surface area contributed by atoms with Crippen molar-refractivity contribution in [1.82, 2.24) is 0 Å². The van der Waals surface area contributed by atoms with Crippen LogP contribution in [0.2, 0.25) is 0 Å². The molecule has 0 bridgehead atoms. The molecule has 0 spiro atoms. The van der Waals surface area contributed by atoms with Crippen molar-refractivity contribution < 1.29 is 0 Å². The van der Waals surface area contributed by atoms with Crippen molar-refractivity contribution in [3.63, 3.8) is 0 Å². The third kappa shape index (κ3) is 4.60. The summed E-state index contributed by atoms with van der Waals surface area (Å²) in [7, 11) is 0. The van der Waals surface area contributed by atoms with Crippen molar-refractivity contribution in [3.05, 3.63) is 35.5 Å². The lowest BCUT2D eigenvalue weighted by Crippen LogP contribution is -1.67. The molecule has 0 heteroatoms. The standard InChI is InChI=1S/C9H12.C2H6/c1-8-5-3-4-6-9(2)7-8;1-2/h3,5-7H,4H2,1-2H3;1-2H3. The Morgan fingerprint density at radius 1 is 1.09 bits per heavy atom. The molecule has 1 rings (SSSR count). The first-order valence-electron chi connectivity index (χ1n) is 4.30. The van der Waals surface area contributed by atoms with Gasteiger partial charge in [-0.3, -0.25) is 0 Å². The summed E-state index contributed by atoms with van der Waals surface area (Å²) in [6, 6.07) is 0. The Morgan fingerprint density at radius 2 is 1.73 bits per heavy atom. The van der Waals surface area contributed by atoms with Gasteiger partial charge in [-0.25, -0.2) is 0 Å². The zero-order valence-electron chi connectivity index (χ0n) is 8.02. The Hall–Kier alpha value is -0.780. The van der Waals surface area contributed by atoms with Gasteiger partial charge in [-0.1, -0.05) is 49.3 Å².